The fraction of sp³-hybridized carbons (Fsp3) is 0.522. The molecule has 158 valence electrons. The molecule has 0 spiro atoms. The lowest BCUT2D eigenvalue weighted by molar-refractivity contribution is -0.121. The first-order valence-corrected chi connectivity index (χ1v) is 10.7. The molecule has 2 heterocycles. The predicted molar refractivity (Wildman–Crippen MR) is 114 cm³/mol. The molecule has 2 fully saturated rings. The SMILES string of the molecule is C[C@@H]1C[C@H](Nc2c(NC(=O)C3CCC(F)CC3)cnc3ccc(C#N)cc23)CCO1. The smallest absolute Gasteiger partial charge is 0.227 e. The van der Waals surface area contributed by atoms with Crippen LogP contribution < -0.4 is 10.6 Å². The van der Waals surface area contributed by atoms with Gasteiger partial charge in [-0.3, -0.25) is 9.78 Å². The van der Waals surface area contributed by atoms with Gasteiger partial charge in [-0.25, -0.2) is 4.39 Å². The maximum atomic E-state index is 13.5. The van der Waals surface area contributed by atoms with Gasteiger partial charge in [-0.1, -0.05) is 0 Å². The molecular weight excluding hydrogens is 383 g/mol. The zero-order chi connectivity index (χ0) is 21.1. The first kappa shape index (κ1) is 20.5. The van der Waals surface area contributed by atoms with Gasteiger partial charge in [-0.05, 0) is 63.6 Å². The van der Waals surface area contributed by atoms with Crippen LogP contribution in [0.3, 0.4) is 0 Å². The van der Waals surface area contributed by atoms with Crippen LogP contribution in [0.25, 0.3) is 10.9 Å². The summed E-state index contributed by atoms with van der Waals surface area (Å²) >= 11 is 0. The molecule has 7 heteroatoms. The van der Waals surface area contributed by atoms with Crippen molar-refractivity contribution in [2.75, 3.05) is 17.2 Å². The summed E-state index contributed by atoms with van der Waals surface area (Å²) in [6.07, 6.45) is 4.74. The molecule has 2 aromatic rings. The van der Waals surface area contributed by atoms with Gasteiger partial charge in [0, 0.05) is 24.0 Å². The third-order valence-electron chi connectivity index (χ3n) is 6.12. The number of fused-ring (bicyclic) bond motifs is 1. The minimum Gasteiger partial charge on any atom is -0.380 e. The molecule has 30 heavy (non-hydrogen) atoms. The zero-order valence-electron chi connectivity index (χ0n) is 17.2. The number of carbonyl (C=O) groups excluding carboxylic acids is 1. The number of hydrogen-bond acceptors (Lipinski definition) is 5. The Hall–Kier alpha value is -2.72. The Labute approximate surface area is 175 Å². The van der Waals surface area contributed by atoms with Gasteiger partial charge in [0.1, 0.15) is 6.17 Å². The average Bonchev–Trinajstić information content (AvgIpc) is 2.75. The number of alkyl halides is 1. The number of ether oxygens (including phenoxy) is 1. The second-order valence-corrected chi connectivity index (χ2v) is 8.38. The van der Waals surface area contributed by atoms with Gasteiger partial charge in [-0.15, -0.1) is 0 Å². The standard InChI is InChI=1S/C23H27FN4O2/c1-14-10-18(8-9-30-14)27-22-19-11-15(12-25)2-7-20(19)26-13-21(22)28-23(29)16-3-5-17(24)6-4-16/h2,7,11,13-14,16-18H,3-6,8-10H2,1H3,(H,26,27)(H,28,29)/t14-,16?,17?,18-/m1/s1. The third-order valence-corrected chi connectivity index (χ3v) is 6.12. The highest BCUT2D eigenvalue weighted by Crippen LogP contribution is 2.34. The van der Waals surface area contributed by atoms with Crippen LogP contribution in [0.15, 0.2) is 24.4 Å². The van der Waals surface area contributed by atoms with E-state index in [2.05, 4.69) is 28.6 Å². The molecule has 0 radical (unpaired) electrons. The van der Waals surface area contributed by atoms with Gasteiger partial charge in [0.2, 0.25) is 5.91 Å². The van der Waals surface area contributed by atoms with Crippen LogP contribution in [0.5, 0.6) is 0 Å². The predicted octanol–water partition coefficient (Wildman–Crippen LogP) is 4.55. The molecule has 1 saturated carbocycles. The molecule has 1 aromatic heterocycles. The van der Waals surface area contributed by atoms with Crippen LogP contribution in [0.4, 0.5) is 15.8 Å². The molecule has 1 saturated heterocycles. The van der Waals surface area contributed by atoms with Crippen molar-refractivity contribution in [1.29, 1.82) is 5.26 Å². The molecule has 1 aromatic carbocycles. The highest BCUT2D eigenvalue weighted by Gasteiger charge is 2.27. The van der Waals surface area contributed by atoms with Crippen molar-refractivity contribution in [2.24, 2.45) is 5.92 Å². The number of aromatic nitrogens is 1. The van der Waals surface area contributed by atoms with E-state index in [1.54, 1.807) is 18.3 Å². The topological polar surface area (TPSA) is 87.0 Å². The van der Waals surface area contributed by atoms with Crippen LogP contribution in [-0.2, 0) is 9.53 Å². The number of nitriles is 1. The van der Waals surface area contributed by atoms with Crippen molar-refractivity contribution in [3.63, 3.8) is 0 Å². The number of halogens is 1. The molecule has 2 aliphatic rings. The minimum absolute atomic E-state index is 0.0946. The fourth-order valence-corrected chi connectivity index (χ4v) is 4.40. The van der Waals surface area contributed by atoms with Crippen molar-refractivity contribution < 1.29 is 13.9 Å². The summed E-state index contributed by atoms with van der Waals surface area (Å²) in [4.78, 5) is 17.4. The monoisotopic (exact) mass is 410 g/mol. The summed E-state index contributed by atoms with van der Waals surface area (Å²) in [6.45, 7) is 2.73. The van der Waals surface area contributed by atoms with Crippen molar-refractivity contribution in [2.45, 2.75) is 63.8 Å². The van der Waals surface area contributed by atoms with Crippen LogP contribution >= 0.6 is 0 Å². The summed E-state index contributed by atoms with van der Waals surface area (Å²) in [5.41, 5.74) is 2.68. The maximum absolute atomic E-state index is 13.5. The average molecular weight is 410 g/mol. The summed E-state index contributed by atoms with van der Waals surface area (Å²) in [5.74, 6) is -0.281. The maximum Gasteiger partial charge on any atom is 0.227 e. The van der Waals surface area contributed by atoms with Crippen molar-refractivity contribution in [1.82, 2.24) is 4.98 Å². The summed E-state index contributed by atoms with van der Waals surface area (Å²) < 4.78 is 19.1. The van der Waals surface area contributed by atoms with Crippen LogP contribution in [-0.4, -0.2) is 35.8 Å². The highest BCUT2D eigenvalue weighted by molar-refractivity contribution is 6.04. The molecule has 1 amide bonds. The summed E-state index contributed by atoms with van der Waals surface area (Å²) in [7, 11) is 0. The lowest BCUT2D eigenvalue weighted by atomic mass is 9.87. The van der Waals surface area contributed by atoms with E-state index in [0.717, 1.165) is 29.4 Å². The van der Waals surface area contributed by atoms with E-state index in [1.807, 2.05) is 6.07 Å². The molecular formula is C23H27FN4O2. The Kier molecular flexibility index (Phi) is 6.14. The lowest BCUT2D eigenvalue weighted by Crippen LogP contribution is -2.33. The quantitative estimate of drug-likeness (QED) is 0.772. The second-order valence-electron chi connectivity index (χ2n) is 8.38. The van der Waals surface area contributed by atoms with E-state index >= 15 is 0 Å². The molecule has 1 aliphatic heterocycles. The van der Waals surface area contributed by atoms with Crippen molar-refractivity contribution in [3.8, 4) is 6.07 Å². The van der Waals surface area contributed by atoms with Crippen molar-refractivity contribution >= 4 is 28.2 Å². The number of pyridine rings is 1. The van der Waals surface area contributed by atoms with E-state index in [1.165, 1.54) is 0 Å². The van der Waals surface area contributed by atoms with Gasteiger partial charge in [-0.2, -0.15) is 5.26 Å². The Morgan fingerprint density at radius 3 is 2.80 bits per heavy atom. The molecule has 1 aliphatic carbocycles. The largest absolute Gasteiger partial charge is 0.380 e. The number of hydrogen-bond donors (Lipinski definition) is 2. The van der Waals surface area contributed by atoms with E-state index in [4.69, 9.17) is 4.74 Å². The third kappa shape index (κ3) is 4.54. The van der Waals surface area contributed by atoms with Gasteiger partial charge in [0.15, 0.2) is 0 Å². The number of benzene rings is 1. The van der Waals surface area contributed by atoms with E-state index in [9.17, 15) is 14.4 Å². The van der Waals surface area contributed by atoms with E-state index < -0.39 is 6.17 Å². The summed E-state index contributed by atoms with van der Waals surface area (Å²) in [6, 6.07) is 7.73. The first-order chi connectivity index (χ1) is 14.5. The molecule has 2 atom stereocenters. The zero-order valence-corrected chi connectivity index (χ0v) is 17.2. The molecule has 4 rings (SSSR count). The van der Waals surface area contributed by atoms with E-state index in [-0.39, 0.29) is 24.0 Å². The van der Waals surface area contributed by atoms with Crippen LogP contribution in [0, 0.1) is 17.2 Å². The number of rotatable bonds is 4. The Balaban J connectivity index is 1.65. The Morgan fingerprint density at radius 2 is 2.07 bits per heavy atom. The molecule has 0 unspecified atom stereocenters. The fourth-order valence-electron chi connectivity index (χ4n) is 4.40. The minimum atomic E-state index is -0.798. The van der Waals surface area contributed by atoms with Gasteiger partial charge < -0.3 is 15.4 Å². The van der Waals surface area contributed by atoms with Gasteiger partial charge in [0.05, 0.1) is 40.8 Å². The lowest BCUT2D eigenvalue weighted by Gasteiger charge is -2.30. The number of nitrogens with zero attached hydrogens (tertiary/aromatic N) is 2. The highest BCUT2D eigenvalue weighted by atomic mass is 19.1. The first-order valence-electron chi connectivity index (χ1n) is 10.7. The Morgan fingerprint density at radius 1 is 1.27 bits per heavy atom. The van der Waals surface area contributed by atoms with Gasteiger partial charge in [0.25, 0.3) is 0 Å². The van der Waals surface area contributed by atoms with Crippen molar-refractivity contribution in [3.05, 3.63) is 30.0 Å². The molecule has 6 nitrogen and oxygen atoms in total. The molecule has 0 bridgehead atoms. The van der Waals surface area contributed by atoms with Crippen LogP contribution in [0.2, 0.25) is 0 Å². The van der Waals surface area contributed by atoms with E-state index in [0.29, 0.717) is 43.5 Å². The number of anilines is 2. The summed E-state index contributed by atoms with van der Waals surface area (Å²) in [5, 5.41) is 16.8. The van der Waals surface area contributed by atoms with Crippen LogP contribution in [0.1, 0.15) is 51.0 Å². The number of carbonyl (C=O) groups is 1. The second kappa shape index (κ2) is 8.97. The molecule has 2 N–H and O–H groups in total. The number of nitrogens with one attached hydrogen (secondary N) is 2. The Bertz CT molecular complexity index is 966. The normalized spacial score (nSPS) is 26.7. The van der Waals surface area contributed by atoms with Gasteiger partial charge >= 0.3 is 0 Å². The number of amides is 1.